The van der Waals surface area contributed by atoms with Crippen molar-refractivity contribution in [3.8, 4) is 0 Å². The molecule has 3 rings (SSSR count). The summed E-state index contributed by atoms with van der Waals surface area (Å²) >= 11 is 0. The number of non-ortho nitro benzene ring substituents is 1. The van der Waals surface area contributed by atoms with E-state index in [0.29, 0.717) is 12.1 Å². The molecule has 1 amide bonds. The molecule has 1 N–H and O–H groups in total. The average molecular weight is 393 g/mol. The van der Waals surface area contributed by atoms with Gasteiger partial charge in [0, 0.05) is 35.3 Å². The van der Waals surface area contributed by atoms with Gasteiger partial charge in [0.05, 0.1) is 11.5 Å². The summed E-state index contributed by atoms with van der Waals surface area (Å²) in [6.07, 6.45) is 1.65. The monoisotopic (exact) mass is 393 g/mol. The SMILES string of the molecule is CCCCN(Cc1cc2ccc(C)cc2[nH]c1=O)C(=O)c1cccc([N+](=O)[O-])c1. The van der Waals surface area contributed by atoms with E-state index >= 15 is 0 Å². The number of aromatic nitrogens is 1. The number of rotatable bonds is 7. The number of fused-ring (bicyclic) bond motifs is 1. The van der Waals surface area contributed by atoms with Crippen LogP contribution in [0, 0.1) is 17.0 Å². The van der Waals surface area contributed by atoms with E-state index < -0.39 is 4.92 Å². The number of hydrogen-bond acceptors (Lipinski definition) is 4. The van der Waals surface area contributed by atoms with Crippen LogP contribution in [0.2, 0.25) is 0 Å². The fraction of sp³-hybridized carbons (Fsp3) is 0.273. The van der Waals surface area contributed by atoms with Crippen LogP contribution in [-0.2, 0) is 6.54 Å². The molecule has 0 atom stereocenters. The van der Waals surface area contributed by atoms with Gasteiger partial charge in [-0.1, -0.05) is 31.5 Å². The van der Waals surface area contributed by atoms with Gasteiger partial charge in [-0.3, -0.25) is 19.7 Å². The molecule has 0 spiro atoms. The summed E-state index contributed by atoms with van der Waals surface area (Å²) in [5, 5.41) is 11.9. The molecule has 7 nitrogen and oxygen atoms in total. The number of nitro groups is 1. The van der Waals surface area contributed by atoms with Crippen LogP contribution < -0.4 is 5.56 Å². The van der Waals surface area contributed by atoms with Crippen LogP contribution in [0.1, 0.15) is 41.3 Å². The molecule has 0 radical (unpaired) electrons. The third kappa shape index (κ3) is 4.68. The minimum Gasteiger partial charge on any atom is -0.334 e. The molecule has 1 aromatic heterocycles. The van der Waals surface area contributed by atoms with Crippen LogP contribution in [0.3, 0.4) is 0 Å². The number of nitro benzene ring substituents is 1. The van der Waals surface area contributed by atoms with Gasteiger partial charge < -0.3 is 9.88 Å². The maximum atomic E-state index is 13.0. The van der Waals surface area contributed by atoms with E-state index in [4.69, 9.17) is 0 Å². The second kappa shape index (κ2) is 8.68. The van der Waals surface area contributed by atoms with Gasteiger partial charge >= 0.3 is 0 Å². The highest BCUT2D eigenvalue weighted by Crippen LogP contribution is 2.18. The van der Waals surface area contributed by atoms with Gasteiger partial charge in [-0.25, -0.2) is 0 Å². The third-order valence-corrected chi connectivity index (χ3v) is 4.81. The van der Waals surface area contributed by atoms with E-state index in [2.05, 4.69) is 4.98 Å². The molecule has 0 aliphatic heterocycles. The Balaban J connectivity index is 1.94. The van der Waals surface area contributed by atoms with Gasteiger partial charge in [-0.15, -0.1) is 0 Å². The van der Waals surface area contributed by atoms with Crippen LogP contribution >= 0.6 is 0 Å². The maximum Gasteiger partial charge on any atom is 0.270 e. The minimum absolute atomic E-state index is 0.134. The molecule has 29 heavy (non-hydrogen) atoms. The molecule has 0 aliphatic rings. The van der Waals surface area contributed by atoms with Crippen LogP contribution in [0.25, 0.3) is 10.9 Å². The first kappa shape index (κ1) is 20.3. The lowest BCUT2D eigenvalue weighted by molar-refractivity contribution is -0.384. The van der Waals surface area contributed by atoms with Crippen molar-refractivity contribution in [1.82, 2.24) is 9.88 Å². The fourth-order valence-corrected chi connectivity index (χ4v) is 3.22. The summed E-state index contributed by atoms with van der Waals surface area (Å²) in [4.78, 5) is 40.6. The number of benzene rings is 2. The molecule has 0 unspecified atom stereocenters. The first-order chi connectivity index (χ1) is 13.9. The predicted octanol–water partition coefficient (Wildman–Crippen LogP) is 4.19. The van der Waals surface area contributed by atoms with E-state index in [1.807, 2.05) is 32.0 Å². The normalized spacial score (nSPS) is 10.8. The van der Waals surface area contributed by atoms with Gasteiger partial charge in [0.2, 0.25) is 0 Å². The molecular formula is C22H23N3O4. The Morgan fingerprint density at radius 2 is 1.97 bits per heavy atom. The summed E-state index contributed by atoms with van der Waals surface area (Å²) in [6.45, 7) is 4.57. The van der Waals surface area contributed by atoms with E-state index in [-0.39, 0.29) is 29.3 Å². The number of unbranched alkanes of at least 4 members (excludes halogenated alkanes) is 1. The van der Waals surface area contributed by atoms with Gasteiger partial charge in [-0.05, 0) is 42.5 Å². The Kier molecular flexibility index (Phi) is 6.07. The van der Waals surface area contributed by atoms with Gasteiger partial charge in [0.25, 0.3) is 17.2 Å². The van der Waals surface area contributed by atoms with E-state index in [1.54, 1.807) is 17.0 Å². The summed E-state index contributed by atoms with van der Waals surface area (Å²) in [7, 11) is 0. The van der Waals surface area contributed by atoms with Crippen molar-refractivity contribution in [1.29, 1.82) is 0 Å². The van der Waals surface area contributed by atoms with E-state index in [1.165, 1.54) is 18.2 Å². The highest BCUT2D eigenvalue weighted by Gasteiger charge is 2.19. The molecule has 7 heteroatoms. The molecule has 0 bridgehead atoms. The largest absolute Gasteiger partial charge is 0.334 e. The van der Waals surface area contributed by atoms with Crippen molar-refractivity contribution < 1.29 is 9.72 Å². The number of aromatic amines is 1. The summed E-state index contributed by atoms with van der Waals surface area (Å²) in [5.41, 5.74) is 2.15. The topological polar surface area (TPSA) is 96.3 Å². The zero-order valence-electron chi connectivity index (χ0n) is 16.5. The van der Waals surface area contributed by atoms with Crippen molar-refractivity contribution in [2.24, 2.45) is 0 Å². The number of hydrogen-bond donors (Lipinski definition) is 1. The molecular weight excluding hydrogens is 370 g/mol. The molecule has 150 valence electrons. The molecule has 2 aromatic carbocycles. The third-order valence-electron chi connectivity index (χ3n) is 4.81. The zero-order chi connectivity index (χ0) is 21.0. The Bertz CT molecular complexity index is 1120. The van der Waals surface area contributed by atoms with Crippen molar-refractivity contribution in [2.75, 3.05) is 6.54 Å². The number of nitrogens with one attached hydrogen (secondary N) is 1. The second-order valence-electron chi connectivity index (χ2n) is 7.10. The number of carbonyl (C=O) groups excluding carboxylic acids is 1. The lowest BCUT2D eigenvalue weighted by Crippen LogP contribution is -2.33. The van der Waals surface area contributed by atoms with Crippen LogP contribution in [0.5, 0.6) is 0 Å². The van der Waals surface area contributed by atoms with E-state index in [9.17, 15) is 19.7 Å². The quantitative estimate of drug-likeness (QED) is 0.481. The van der Waals surface area contributed by atoms with Crippen LogP contribution in [0.15, 0.2) is 53.3 Å². The Labute approximate surface area is 168 Å². The number of aryl methyl sites for hydroxylation is 1. The van der Waals surface area contributed by atoms with Gasteiger partial charge in [-0.2, -0.15) is 0 Å². The van der Waals surface area contributed by atoms with Crippen LogP contribution in [-0.4, -0.2) is 27.3 Å². The Morgan fingerprint density at radius 1 is 1.17 bits per heavy atom. The number of amides is 1. The number of H-pyrrole nitrogens is 1. The molecule has 0 saturated carbocycles. The second-order valence-corrected chi connectivity index (χ2v) is 7.10. The predicted molar refractivity (Wildman–Crippen MR) is 112 cm³/mol. The van der Waals surface area contributed by atoms with E-state index in [0.717, 1.165) is 29.3 Å². The first-order valence-corrected chi connectivity index (χ1v) is 9.55. The molecule has 0 aliphatic carbocycles. The lowest BCUT2D eigenvalue weighted by Gasteiger charge is -2.22. The molecule has 0 saturated heterocycles. The minimum atomic E-state index is -0.525. The standard InChI is InChI=1S/C22H23N3O4/c1-3-4-10-24(22(27)17-6-5-7-19(13-17)25(28)29)14-18-12-16-9-8-15(2)11-20(16)23-21(18)26/h5-9,11-13H,3-4,10,14H2,1-2H3,(H,23,26). The van der Waals surface area contributed by atoms with Crippen molar-refractivity contribution in [3.63, 3.8) is 0 Å². The number of nitrogens with zero attached hydrogens (tertiary/aromatic N) is 2. The molecule has 3 aromatic rings. The van der Waals surface area contributed by atoms with Crippen molar-refractivity contribution >= 4 is 22.5 Å². The highest BCUT2D eigenvalue weighted by atomic mass is 16.6. The Morgan fingerprint density at radius 3 is 2.69 bits per heavy atom. The summed E-state index contributed by atoms with van der Waals surface area (Å²) in [6, 6.07) is 13.3. The summed E-state index contributed by atoms with van der Waals surface area (Å²) in [5.74, 6) is -0.328. The summed E-state index contributed by atoms with van der Waals surface area (Å²) < 4.78 is 0. The molecule has 0 fully saturated rings. The van der Waals surface area contributed by atoms with Crippen molar-refractivity contribution in [3.05, 3.63) is 85.7 Å². The maximum absolute atomic E-state index is 13.0. The zero-order valence-corrected chi connectivity index (χ0v) is 16.5. The Hall–Kier alpha value is -3.48. The lowest BCUT2D eigenvalue weighted by atomic mass is 10.1. The highest BCUT2D eigenvalue weighted by molar-refractivity contribution is 5.94. The fourth-order valence-electron chi connectivity index (χ4n) is 3.22. The molecule has 1 heterocycles. The van der Waals surface area contributed by atoms with Crippen molar-refractivity contribution in [2.45, 2.75) is 33.2 Å². The smallest absolute Gasteiger partial charge is 0.270 e. The number of carbonyl (C=O) groups is 1. The average Bonchev–Trinajstić information content (AvgIpc) is 2.71. The number of pyridine rings is 1. The van der Waals surface area contributed by atoms with Gasteiger partial charge in [0.15, 0.2) is 0 Å². The van der Waals surface area contributed by atoms with Gasteiger partial charge in [0.1, 0.15) is 0 Å². The van der Waals surface area contributed by atoms with Crippen LogP contribution in [0.4, 0.5) is 5.69 Å². The first-order valence-electron chi connectivity index (χ1n) is 9.55.